The van der Waals surface area contributed by atoms with Crippen LogP contribution < -0.4 is 4.74 Å². The molecule has 0 aliphatic carbocycles. The molecule has 0 saturated heterocycles. The number of rotatable bonds is 4. The molecule has 1 unspecified atom stereocenters. The molecular weight excluding hydrogens is 292 g/mol. The summed E-state index contributed by atoms with van der Waals surface area (Å²) in [5.74, 6) is -1.37. The zero-order valence-corrected chi connectivity index (χ0v) is 9.68. The van der Waals surface area contributed by atoms with Gasteiger partial charge in [-0.2, -0.15) is 17.6 Å². The average molecular weight is 298 g/mol. The first-order valence-corrected chi connectivity index (χ1v) is 4.85. The van der Waals surface area contributed by atoms with Crippen LogP contribution in [0.3, 0.4) is 0 Å². The van der Waals surface area contributed by atoms with Crippen LogP contribution in [0.2, 0.25) is 0 Å². The van der Waals surface area contributed by atoms with E-state index in [1.165, 1.54) is 0 Å². The number of ether oxygens (including phenoxy) is 1. The Morgan fingerprint density at radius 1 is 1.20 bits per heavy atom. The molecule has 11 heteroatoms. The van der Waals surface area contributed by atoms with E-state index in [1.54, 1.807) is 0 Å². The molecule has 0 saturated carbocycles. The SMILES string of the molecule is Cc1ccc([N+](=O)[O-])c(OC(F)C(F)(F)F)c1[N+](=O)[O-]. The molecule has 1 aromatic rings. The maximum Gasteiger partial charge on any atom is 0.457 e. The molecule has 20 heavy (non-hydrogen) atoms. The Balaban J connectivity index is 3.44. The van der Waals surface area contributed by atoms with Crippen LogP contribution in [-0.2, 0) is 0 Å². The smallest absolute Gasteiger partial charge is 0.439 e. The van der Waals surface area contributed by atoms with Crippen molar-refractivity contribution >= 4 is 11.4 Å². The third-order valence-corrected chi connectivity index (χ3v) is 2.17. The van der Waals surface area contributed by atoms with Crippen LogP contribution in [-0.4, -0.2) is 22.4 Å². The molecule has 0 spiro atoms. The Morgan fingerprint density at radius 3 is 2.15 bits per heavy atom. The van der Waals surface area contributed by atoms with E-state index >= 15 is 0 Å². The molecule has 0 aliphatic rings. The summed E-state index contributed by atoms with van der Waals surface area (Å²) in [4.78, 5) is 19.0. The van der Waals surface area contributed by atoms with Gasteiger partial charge < -0.3 is 4.74 Å². The van der Waals surface area contributed by atoms with Gasteiger partial charge in [0.15, 0.2) is 0 Å². The Kier molecular flexibility index (Phi) is 4.11. The highest BCUT2D eigenvalue weighted by Crippen LogP contribution is 2.41. The summed E-state index contributed by atoms with van der Waals surface area (Å²) in [5, 5.41) is 21.4. The monoisotopic (exact) mass is 298 g/mol. The maximum atomic E-state index is 12.8. The number of benzene rings is 1. The number of hydrogen-bond donors (Lipinski definition) is 0. The molecule has 0 aliphatic heterocycles. The molecule has 0 bridgehead atoms. The van der Waals surface area contributed by atoms with Gasteiger partial charge in [0.2, 0.25) is 0 Å². The third kappa shape index (κ3) is 3.10. The van der Waals surface area contributed by atoms with Crippen LogP contribution in [0.25, 0.3) is 0 Å². The standard InChI is InChI=1S/C9H6F4N2O5/c1-4-2-3-5(14(16)17)7(6(4)15(18)19)20-8(10)9(11,12)13/h2-3,8H,1H3. The van der Waals surface area contributed by atoms with Gasteiger partial charge in [-0.1, -0.05) is 0 Å². The van der Waals surface area contributed by atoms with E-state index in [0.29, 0.717) is 6.07 Å². The molecule has 110 valence electrons. The Bertz CT molecular complexity index is 560. The van der Waals surface area contributed by atoms with E-state index in [0.717, 1.165) is 13.0 Å². The van der Waals surface area contributed by atoms with E-state index in [2.05, 4.69) is 4.74 Å². The number of alkyl halides is 4. The molecule has 1 atom stereocenters. The first kappa shape index (κ1) is 15.6. The summed E-state index contributed by atoms with van der Waals surface area (Å²) < 4.78 is 52.8. The lowest BCUT2D eigenvalue weighted by Crippen LogP contribution is -2.30. The molecule has 7 nitrogen and oxygen atoms in total. The van der Waals surface area contributed by atoms with Gasteiger partial charge in [-0.15, -0.1) is 0 Å². The van der Waals surface area contributed by atoms with E-state index in [4.69, 9.17) is 0 Å². The molecule has 0 N–H and O–H groups in total. The van der Waals surface area contributed by atoms with Crippen molar-refractivity contribution in [2.45, 2.75) is 19.5 Å². The van der Waals surface area contributed by atoms with Gasteiger partial charge >= 0.3 is 23.9 Å². The second-order valence-electron chi connectivity index (χ2n) is 3.57. The molecule has 0 amide bonds. The van der Waals surface area contributed by atoms with Crippen LogP contribution >= 0.6 is 0 Å². The predicted molar refractivity (Wildman–Crippen MR) is 56.1 cm³/mol. The normalized spacial score (nSPS) is 12.8. The van der Waals surface area contributed by atoms with Crippen molar-refractivity contribution in [1.29, 1.82) is 0 Å². The summed E-state index contributed by atoms with van der Waals surface area (Å²) >= 11 is 0. The van der Waals surface area contributed by atoms with E-state index < -0.39 is 39.5 Å². The minimum absolute atomic E-state index is 0.204. The fourth-order valence-corrected chi connectivity index (χ4v) is 1.32. The number of nitro groups is 2. The highest BCUT2D eigenvalue weighted by atomic mass is 19.4. The Hall–Kier alpha value is -2.46. The lowest BCUT2D eigenvalue weighted by molar-refractivity contribution is -0.397. The van der Waals surface area contributed by atoms with Crippen molar-refractivity contribution in [2.75, 3.05) is 0 Å². The fraction of sp³-hybridized carbons (Fsp3) is 0.333. The van der Waals surface area contributed by atoms with Crippen LogP contribution in [0, 0.1) is 27.2 Å². The molecular formula is C9H6F4N2O5. The number of hydrogen-bond acceptors (Lipinski definition) is 5. The number of nitro benzene ring substituents is 2. The zero-order valence-electron chi connectivity index (χ0n) is 9.68. The minimum atomic E-state index is -5.47. The van der Waals surface area contributed by atoms with Gasteiger partial charge in [0, 0.05) is 11.6 Å². The Morgan fingerprint density at radius 2 is 1.75 bits per heavy atom. The molecule has 1 rings (SSSR count). The molecule has 0 aromatic heterocycles. The van der Waals surface area contributed by atoms with Gasteiger partial charge in [-0.05, 0) is 13.0 Å². The number of aryl methyl sites for hydroxylation is 1. The number of halogens is 4. The van der Waals surface area contributed by atoms with Crippen LogP contribution in [0.15, 0.2) is 12.1 Å². The quantitative estimate of drug-likeness (QED) is 0.483. The van der Waals surface area contributed by atoms with Crippen molar-refractivity contribution in [3.05, 3.63) is 37.9 Å². The predicted octanol–water partition coefficient (Wildman–Crippen LogP) is 3.05. The van der Waals surface area contributed by atoms with Crippen molar-refractivity contribution in [2.24, 2.45) is 0 Å². The van der Waals surface area contributed by atoms with Crippen molar-refractivity contribution in [3.8, 4) is 5.75 Å². The molecule has 0 radical (unpaired) electrons. The van der Waals surface area contributed by atoms with Gasteiger partial charge in [-0.25, -0.2) is 0 Å². The van der Waals surface area contributed by atoms with E-state index in [1.807, 2.05) is 0 Å². The lowest BCUT2D eigenvalue weighted by Gasteiger charge is -2.14. The van der Waals surface area contributed by atoms with Crippen LogP contribution in [0.4, 0.5) is 28.9 Å². The molecule has 0 fully saturated rings. The van der Waals surface area contributed by atoms with Gasteiger partial charge in [0.25, 0.3) is 5.75 Å². The second-order valence-corrected chi connectivity index (χ2v) is 3.57. The topological polar surface area (TPSA) is 95.5 Å². The highest BCUT2D eigenvalue weighted by Gasteiger charge is 2.45. The molecule has 0 heterocycles. The third-order valence-electron chi connectivity index (χ3n) is 2.17. The summed E-state index contributed by atoms with van der Waals surface area (Å²) in [6.45, 7) is 1.12. The average Bonchev–Trinajstić information content (AvgIpc) is 2.26. The van der Waals surface area contributed by atoms with Gasteiger partial charge in [0.05, 0.1) is 9.85 Å². The molecule has 1 aromatic carbocycles. The van der Waals surface area contributed by atoms with Gasteiger partial charge in [-0.3, -0.25) is 20.2 Å². The van der Waals surface area contributed by atoms with E-state index in [9.17, 15) is 37.8 Å². The van der Waals surface area contributed by atoms with Crippen LogP contribution in [0.5, 0.6) is 5.75 Å². The second kappa shape index (κ2) is 5.27. The first-order chi connectivity index (χ1) is 9.05. The lowest BCUT2D eigenvalue weighted by atomic mass is 10.1. The summed E-state index contributed by atoms with van der Waals surface area (Å²) in [6, 6.07) is 1.64. The number of nitrogens with zero attached hydrogens (tertiary/aromatic N) is 2. The summed E-state index contributed by atoms with van der Waals surface area (Å²) in [5.41, 5.74) is -2.43. The van der Waals surface area contributed by atoms with Gasteiger partial charge in [0.1, 0.15) is 0 Å². The van der Waals surface area contributed by atoms with Crippen molar-refractivity contribution in [1.82, 2.24) is 0 Å². The first-order valence-electron chi connectivity index (χ1n) is 4.85. The van der Waals surface area contributed by atoms with Crippen LogP contribution in [0.1, 0.15) is 5.56 Å². The maximum absolute atomic E-state index is 12.8. The summed E-state index contributed by atoms with van der Waals surface area (Å²) in [7, 11) is 0. The zero-order chi connectivity index (χ0) is 15.7. The minimum Gasteiger partial charge on any atom is -0.439 e. The van der Waals surface area contributed by atoms with Crippen molar-refractivity contribution < 1.29 is 32.1 Å². The van der Waals surface area contributed by atoms with E-state index in [-0.39, 0.29) is 5.56 Å². The summed E-state index contributed by atoms with van der Waals surface area (Å²) in [6.07, 6.45) is -9.38. The fourth-order valence-electron chi connectivity index (χ4n) is 1.32. The van der Waals surface area contributed by atoms with Crippen molar-refractivity contribution in [3.63, 3.8) is 0 Å². The Labute approximate surface area is 108 Å². The highest BCUT2D eigenvalue weighted by molar-refractivity contribution is 5.63. The largest absolute Gasteiger partial charge is 0.457 e.